The van der Waals surface area contributed by atoms with Crippen molar-refractivity contribution in [2.75, 3.05) is 11.9 Å². The van der Waals surface area contributed by atoms with Gasteiger partial charge < -0.3 is 4.74 Å². The number of ether oxygens (including phenoxy) is 1. The third kappa shape index (κ3) is 3.66. The fourth-order valence-corrected chi connectivity index (χ4v) is 3.36. The third-order valence-electron chi connectivity index (χ3n) is 2.97. The van der Waals surface area contributed by atoms with Crippen molar-refractivity contribution in [1.29, 1.82) is 0 Å². The maximum absolute atomic E-state index is 12.2. The molecule has 0 unspecified atom stereocenters. The van der Waals surface area contributed by atoms with Crippen LogP contribution in [0.25, 0.3) is 10.6 Å². The van der Waals surface area contributed by atoms with Gasteiger partial charge in [-0.3, -0.25) is 10.1 Å². The molecule has 0 fully saturated rings. The number of thiazole rings is 2. The van der Waals surface area contributed by atoms with Gasteiger partial charge in [0.25, 0.3) is 5.91 Å². The highest BCUT2D eigenvalue weighted by atomic mass is 32.1. The molecule has 1 N–H and O–H groups in total. The zero-order valence-corrected chi connectivity index (χ0v) is 14.3. The van der Waals surface area contributed by atoms with Crippen LogP contribution in [0.15, 0.2) is 41.1 Å². The van der Waals surface area contributed by atoms with E-state index in [0.29, 0.717) is 10.8 Å². The third-order valence-corrected chi connectivity index (χ3v) is 4.62. The molecule has 6 nitrogen and oxygen atoms in total. The molecule has 0 radical (unpaired) electrons. The molecule has 0 aliphatic carbocycles. The van der Waals surface area contributed by atoms with Crippen molar-refractivity contribution in [1.82, 2.24) is 9.97 Å². The zero-order chi connectivity index (χ0) is 16.9. The van der Waals surface area contributed by atoms with Crippen LogP contribution in [0.5, 0.6) is 0 Å². The average Bonchev–Trinajstić information content (AvgIpc) is 3.25. The highest BCUT2D eigenvalue weighted by Gasteiger charge is 2.16. The minimum atomic E-state index is -0.505. The molecule has 0 aliphatic heterocycles. The molecule has 0 saturated carbocycles. The van der Waals surface area contributed by atoms with Gasteiger partial charge in [-0.25, -0.2) is 14.8 Å². The highest BCUT2D eigenvalue weighted by Crippen LogP contribution is 2.24. The molecule has 122 valence electrons. The number of hydrogen-bond donors (Lipinski definition) is 1. The van der Waals surface area contributed by atoms with Gasteiger partial charge >= 0.3 is 5.97 Å². The SMILES string of the molecule is CCOC(=O)c1csc(NC(=O)c2csc(-c3ccccc3)n2)n1. The number of amides is 1. The Labute approximate surface area is 146 Å². The van der Waals surface area contributed by atoms with Crippen molar-refractivity contribution >= 4 is 39.7 Å². The topological polar surface area (TPSA) is 81.2 Å². The first-order chi connectivity index (χ1) is 11.7. The Bertz CT molecular complexity index is 858. The Hall–Kier alpha value is -2.58. The van der Waals surface area contributed by atoms with Gasteiger partial charge in [0.2, 0.25) is 0 Å². The molecular formula is C16H13N3O3S2. The van der Waals surface area contributed by atoms with Crippen LogP contribution in [0.1, 0.15) is 27.9 Å². The minimum Gasteiger partial charge on any atom is -0.461 e. The Morgan fingerprint density at radius 2 is 1.83 bits per heavy atom. The number of anilines is 1. The van der Waals surface area contributed by atoms with Crippen LogP contribution in [0.3, 0.4) is 0 Å². The van der Waals surface area contributed by atoms with Gasteiger partial charge in [-0.2, -0.15) is 0 Å². The van der Waals surface area contributed by atoms with Gasteiger partial charge in [-0.15, -0.1) is 22.7 Å². The predicted molar refractivity (Wildman–Crippen MR) is 93.6 cm³/mol. The van der Waals surface area contributed by atoms with Crippen LogP contribution in [0.2, 0.25) is 0 Å². The van der Waals surface area contributed by atoms with E-state index in [1.807, 2.05) is 30.3 Å². The second-order valence-electron chi connectivity index (χ2n) is 4.62. The molecule has 0 spiro atoms. The lowest BCUT2D eigenvalue weighted by Crippen LogP contribution is -2.12. The number of aromatic nitrogens is 2. The molecule has 3 rings (SSSR count). The van der Waals surface area contributed by atoms with Crippen molar-refractivity contribution in [3.05, 3.63) is 52.5 Å². The van der Waals surface area contributed by atoms with E-state index in [2.05, 4.69) is 15.3 Å². The summed E-state index contributed by atoms with van der Waals surface area (Å²) in [5, 5.41) is 6.98. The number of carbonyl (C=O) groups excluding carboxylic acids is 2. The Kier molecular flexibility index (Phi) is 4.97. The van der Waals surface area contributed by atoms with Gasteiger partial charge in [-0.05, 0) is 6.92 Å². The Balaban J connectivity index is 1.70. The summed E-state index contributed by atoms with van der Waals surface area (Å²) in [4.78, 5) is 32.2. The normalized spacial score (nSPS) is 10.4. The molecular weight excluding hydrogens is 346 g/mol. The van der Waals surface area contributed by atoms with Crippen molar-refractivity contribution in [3.63, 3.8) is 0 Å². The summed E-state index contributed by atoms with van der Waals surface area (Å²) in [5.74, 6) is -0.868. The van der Waals surface area contributed by atoms with Gasteiger partial charge in [0.15, 0.2) is 10.8 Å². The highest BCUT2D eigenvalue weighted by molar-refractivity contribution is 7.14. The van der Waals surface area contributed by atoms with Crippen LogP contribution in [0, 0.1) is 0 Å². The maximum Gasteiger partial charge on any atom is 0.357 e. The fraction of sp³-hybridized carbons (Fsp3) is 0.125. The summed E-state index contributed by atoms with van der Waals surface area (Å²) >= 11 is 2.56. The summed E-state index contributed by atoms with van der Waals surface area (Å²) in [5.41, 5.74) is 1.45. The quantitative estimate of drug-likeness (QED) is 0.703. The summed E-state index contributed by atoms with van der Waals surface area (Å²) in [6.07, 6.45) is 0. The molecule has 24 heavy (non-hydrogen) atoms. The second-order valence-corrected chi connectivity index (χ2v) is 6.33. The summed E-state index contributed by atoms with van der Waals surface area (Å²) < 4.78 is 4.87. The Morgan fingerprint density at radius 3 is 2.58 bits per heavy atom. The first kappa shape index (κ1) is 16.3. The lowest BCUT2D eigenvalue weighted by Gasteiger charge is -1.98. The molecule has 0 bridgehead atoms. The number of nitrogens with zero attached hydrogens (tertiary/aromatic N) is 2. The lowest BCUT2D eigenvalue weighted by atomic mass is 10.2. The van der Waals surface area contributed by atoms with Crippen LogP contribution >= 0.6 is 22.7 Å². The number of carbonyl (C=O) groups is 2. The lowest BCUT2D eigenvalue weighted by molar-refractivity contribution is 0.0520. The molecule has 3 aromatic rings. The largest absolute Gasteiger partial charge is 0.461 e. The zero-order valence-electron chi connectivity index (χ0n) is 12.7. The molecule has 1 aromatic carbocycles. The predicted octanol–water partition coefficient (Wildman–Crippen LogP) is 3.70. The molecule has 0 aliphatic rings. The minimum absolute atomic E-state index is 0.181. The average molecular weight is 359 g/mol. The van der Waals surface area contributed by atoms with Crippen LogP contribution in [-0.4, -0.2) is 28.5 Å². The van der Waals surface area contributed by atoms with Crippen molar-refractivity contribution in [2.45, 2.75) is 6.92 Å². The van der Waals surface area contributed by atoms with E-state index >= 15 is 0 Å². The Morgan fingerprint density at radius 1 is 1.08 bits per heavy atom. The van der Waals surface area contributed by atoms with Gasteiger partial charge in [-0.1, -0.05) is 30.3 Å². The van der Waals surface area contributed by atoms with E-state index in [1.165, 1.54) is 11.3 Å². The molecule has 2 heterocycles. The van der Waals surface area contributed by atoms with E-state index in [1.54, 1.807) is 17.7 Å². The molecule has 0 saturated heterocycles. The van der Waals surface area contributed by atoms with Crippen LogP contribution in [-0.2, 0) is 4.74 Å². The van der Waals surface area contributed by atoms with Gasteiger partial charge in [0.05, 0.1) is 6.61 Å². The molecule has 0 atom stereocenters. The second kappa shape index (κ2) is 7.33. The van der Waals surface area contributed by atoms with E-state index < -0.39 is 5.97 Å². The fourth-order valence-electron chi connectivity index (χ4n) is 1.88. The standard InChI is InChI=1S/C16H13N3O3S2/c1-2-22-15(21)12-9-24-16(18-12)19-13(20)11-8-23-14(17-11)10-6-4-3-5-7-10/h3-9H,2H2,1H3,(H,18,19,20). The van der Waals surface area contributed by atoms with E-state index in [-0.39, 0.29) is 18.2 Å². The van der Waals surface area contributed by atoms with Crippen LogP contribution in [0.4, 0.5) is 5.13 Å². The first-order valence-corrected chi connectivity index (χ1v) is 8.88. The monoisotopic (exact) mass is 359 g/mol. The first-order valence-electron chi connectivity index (χ1n) is 7.12. The van der Waals surface area contributed by atoms with E-state index in [9.17, 15) is 9.59 Å². The van der Waals surface area contributed by atoms with Crippen molar-refractivity contribution in [2.24, 2.45) is 0 Å². The van der Waals surface area contributed by atoms with Gasteiger partial charge in [0, 0.05) is 16.3 Å². The van der Waals surface area contributed by atoms with Gasteiger partial charge in [0.1, 0.15) is 10.7 Å². The number of nitrogens with one attached hydrogen (secondary N) is 1. The summed E-state index contributed by atoms with van der Waals surface area (Å²) in [7, 11) is 0. The molecule has 8 heteroatoms. The number of hydrogen-bond acceptors (Lipinski definition) is 7. The number of rotatable bonds is 5. The molecule has 1 amide bonds. The summed E-state index contributed by atoms with van der Waals surface area (Å²) in [6.45, 7) is 2.00. The smallest absolute Gasteiger partial charge is 0.357 e. The number of esters is 1. The summed E-state index contributed by atoms with van der Waals surface area (Å²) in [6, 6.07) is 9.64. The molecule has 2 aromatic heterocycles. The van der Waals surface area contributed by atoms with Crippen LogP contribution < -0.4 is 5.32 Å². The van der Waals surface area contributed by atoms with Crippen molar-refractivity contribution < 1.29 is 14.3 Å². The number of benzene rings is 1. The maximum atomic E-state index is 12.2. The van der Waals surface area contributed by atoms with Crippen molar-refractivity contribution in [3.8, 4) is 10.6 Å². The van der Waals surface area contributed by atoms with E-state index in [4.69, 9.17) is 4.74 Å². The van der Waals surface area contributed by atoms with E-state index in [0.717, 1.165) is 21.9 Å².